The first-order chi connectivity index (χ1) is 7.16. The average Bonchev–Trinajstić information content (AvgIpc) is 2.21. The molecule has 0 aromatic rings. The number of aliphatic hydroxyl groups is 2. The molecule has 0 aromatic heterocycles. The summed E-state index contributed by atoms with van der Waals surface area (Å²) in [5.74, 6) is 0.822. The van der Waals surface area contributed by atoms with Gasteiger partial charge in [0.15, 0.2) is 0 Å². The molecule has 0 saturated heterocycles. The van der Waals surface area contributed by atoms with Gasteiger partial charge in [-0.15, -0.1) is 0 Å². The third-order valence-electron chi connectivity index (χ3n) is 2.48. The SMILES string of the molecule is CC(C)CCCCCCNC[C@H](O)CO. The summed E-state index contributed by atoms with van der Waals surface area (Å²) in [6.45, 7) is 5.82. The van der Waals surface area contributed by atoms with E-state index in [0.717, 1.165) is 18.9 Å². The maximum atomic E-state index is 9.05. The van der Waals surface area contributed by atoms with Crippen LogP contribution in [0.4, 0.5) is 0 Å². The van der Waals surface area contributed by atoms with E-state index in [9.17, 15) is 0 Å². The molecule has 3 N–H and O–H groups in total. The lowest BCUT2D eigenvalue weighted by Crippen LogP contribution is -2.29. The van der Waals surface area contributed by atoms with E-state index < -0.39 is 6.10 Å². The molecular weight excluding hydrogens is 190 g/mol. The van der Waals surface area contributed by atoms with E-state index in [1.165, 1.54) is 25.7 Å². The van der Waals surface area contributed by atoms with Crippen LogP contribution in [0.3, 0.4) is 0 Å². The molecule has 0 unspecified atom stereocenters. The minimum Gasteiger partial charge on any atom is -0.394 e. The lowest BCUT2D eigenvalue weighted by molar-refractivity contribution is 0.0945. The molecule has 3 heteroatoms. The molecule has 92 valence electrons. The van der Waals surface area contributed by atoms with E-state index in [1.807, 2.05) is 0 Å². The molecule has 0 aliphatic rings. The average molecular weight is 217 g/mol. The molecule has 0 fully saturated rings. The second-order valence-corrected chi connectivity index (χ2v) is 4.64. The zero-order valence-electron chi connectivity index (χ0n) is 10.2. The molecule has 0 spiro atoms. The van der Waals surface area contributed by atoms with Crippen molar-refractivity contribution in [1.29, 1.82) is 0 Å². The quantitative estimate of drug-likeness (QED) is 0.486. The molecule has 1 atom stereocenters. The smallest absolute Gasteiger partial charge is 0.0894 e. The van der Waals surface area contributed by atoms with Crippen LogP contribution in [0.5, 0.6) is 0 Å². The van der Waals surface area contributed by atoms with Gasteiger partial charge in [0, 0.05) is 6.54 Å². The third kappa shape index (κ3) is 11.8. The minimum absolute atomic E-state index is 0.151. The Hall–Kier alpha value is -0.120. The van der Waals surface area contributed by atoms with E-state index in [0.29, 0.717) is 6.54 Å². The van der Waals surface area contributed by atoms with Gasteiger partial charge in [-0.2, -0.15) is 0 Å². The summed E-state index contributed by atoms with van der Waals surface area (Å²) in [6, 6.07) is 0. The second-order valence-electron chi connectivity index (χ2n) is 4.64. The number of aliphatic hydroxyl groups excluding tert-OH is 2. The zero-order valence-corrected chi connectivity index (χ0v) is 10.2. The Balaban J connectivity index is 2.99. The Bertz CT molecular complexity index is 129. The van der Waals surface area contributed by atoms with Gasteiger partial charge in [0.1, 0.15) is 0 Å². The first-order valence-electron chi connectivity index (χ1n) is 6.16. The van der Waals surface area contributed by atoms with Crippen LogP contribution in [-0.4, -0.2) is 36.0 Å². The van der Waals surface area contributed by atoms with Crippen LogP contribution in [0.2, 0.25) is 0 Å². The predicted octanol–water partition coefficient (Wildman–Crippen LogP) is 1.54. The van der Waals surface area contributed by atoms with Gasteiger partial charge in [0.25, 0.3) is 0 Å². The van der Waals surface area contributed by atoms with Crippen LogP contribution in [0.15, 0.2) is 0 Å². The largest absolute Gasteiger partial charge is 0.394 e. The summed E-state index contributed by atoms with van der Waals surface area (Å²) >= 11 is 0. The van der Waals surface area contributed by atoms with Gasteiger partial charge < -0.3 is 15.5 Å². The Kier molecular flexibility index (Phi) is 10.3. The van der Waals surface area contributed by atoms with Crippen LogP contribution in [-0.2, 0) is 0 Å². The van der Waals surface area contributed by atoms with Crippen molar-refractivity contribution in [1.82, 2.24) is 5.32 Å². The van der Waals surface area contributed by atoms with Crippen LogP contribution in [0.1, 0.15) is 46.0 Å². The fourth-order valence-corrected chi connectivity index (χ4v) is 1.49. The fraction of sp³-hybridized carbons (Fsp3) is 1.00. The van der Waals surface area contributed by atoms with Gasteiger partial charge in [-0.3, -0.25) is 0 Å². The summed E-state index contributed by atoms with van der Waals surface area (Å²) in [6.07, 6.45) is 5.78. The van der Waals surface area contributed by atoms with E-state index in [2.05, 4.69) is 19.2 Å². The van der Waals surface area contributed by atoms with E-state index >= 15 is 0 Å². The molecule has 0 radical (unpaired) electrons. The van der Waals surface area contributed by atoms with Crippen LogP contribution >= 0.6 is 0 Å². The molecular formula is C12H27NO2. The summed E-state index contributed by atoms with van der Waals surface area (Å²) in [5.41, 5.74) is 0. The minimum atomic E-state index is -0.606. The molecule has 0 heterocycles. The molecule has 0 saturated carbocycles. The van der Waals surface area contributed by atoms with Crippen molar-refractivity contribution in [2.45, 2.75) is 52.1 Å². The maximum absolute atomic E-state index is 9.05. The highest BCUT2D eigenvalue weighted by atomic mass is 16.3. The van der Waals surface area contributed by atoms with Gasteiger partial charge in [-0.05, 0) is 18.9 Å². The lowest BCUT2D eigenvalue weighted by Gasteiger charge is -2.08. The zero-order chi connectivity index (χ0) is 11.5. The van der Waals surface area contributed by atoms with E-state index in [4.69, 9.17) is 10.2 Å². The summed E-state index contributed by atoms with van der Waals surface area (Å²) in [4.78, 5) is 0. The molecule has 0 aliphatic heterocycles. The number of rotatable bonds is 10. The Morgan fingerprint density at radius 1 is 1.07 bits per heavy atom. The monoisotopic (exact) mass is 217 g/mol. The topological polar surface area (TPSA) is 52.5 Å². The number of hydrogen-bond donors (Lipinski definition) is 3. The van der Waals surface area contributed by atoms with Crippen LogP contribution in [0, 0.1) is 5.92 Å². The molecule has 0 aliphatic carbocycles. The van der Waals surface area contributed by atoms with Crippen molar-refractivity contribution in [3.8, 4) is 0 Å². The van der Waals surface area contributed by atoms with Gasteiger partial charge in [0.05, 0.1) is 12.7 Å². The van der Waals surface area contributed by atoms with Gasteiger partial charge >= 0.3 is 0 Å². The molecule has 3 nitrogen and oxygen atoms in total. The normalized spacial score (nSPS) is 13.4. The Morgan fingerprint density at radius 2 is 1.73 bits per heavy atom. The van der Waals surface area contributed by atoms with Crippen molar-refractivity contribution in [2.24, 2.45) is 5.92 Å². The Morgan fingerprint density at radius 3 is 2.33 bits per heavy atom. The highest BCUT2D eigenvalue weighted by Gasteiger charge is 1.99. The van der Waals surface area contributed by atoms with Crippen molar-refractivity contribution in [3.63, 3.8) is 0 Å². The van der Waals surface area contributed by atoms with E-state index in [-0.39, 0.29) is 6.61 Å². The van der Waals surface area contributed by atoms with Crippen molar-refractivity contribution < 1.29 is 10.2 Å². The van der Waals surface area contributed by atoms with E-state index in [1.54, 1.807) is 0 Å². The molecule has 0 rings (SSSR count). The molecule has 15 heavy (non-hydrogen) atoms. The highest BCUT2D eigenvalue weighted by molar-refractivity contribution is 4.57. The Labute approximate surface area is 93.9 Å². The van der Waals surface area contributed by atoms with Crippen LogP contribution < -0.4 is 5.32 Å². The third-order valence-corrected chi connectivity index (χ3v) is 2.48. The molecule has 0 amide bonds. The molecule has 0 bridgehead atoms. The summed E-state index contributed by atoms with van der Waals surface area (Å²) in [7, 11) is 0. The summed E-state index contributed by atoms with van der Waals surface area (Å²) < 4.78 is 0. The number of unbranched alkanes of at least 4 members (excludes halogenated alkanes) is 3. The van der Waals surface area contributed by atoms with Crippen molar-refractivity contribution >= 4 is 0 Å². The lowest BCUT2D eigenvalue weighted by atomic mass is 10.0. The van der Waals surface area contributed by atoms with Crippen LogP contribution in [0.25, 0.3) is 0 Å². The first-order valence-corrected chi connectivity index (χ1v) is 6.16. The summed E-state index contributed by atoms with van der Waals surface area (Å²) in [5, 5.41) is 20.7. The number of hydrogen-bond acceptors (Lipinski definition) is 3. The van der Waals surface area contributed by atoms with Crippen molar-refractivity contribution in [2.75, 3.05) is 19.7 Å². The molecule has 0 aromatic carbocycles. The fourth-order valence-electron chi connectivity index (χ4n) is 1.49. The van der Waals surface area contributed by atoms with Crippen molar-refractivity contribution in [3.05, 3.63) is 0 Å². The second kappa shape index (κ2) is 10.4. The maximum Gasteiger partial charge on any atom is 0.0894 e. The van der Waals surface area contributed by atoms with Gasteiger partial charge in [-0.25, -0.2) is 0 Å². The highest BCUT2D eigenvalue weighted by Crippen LogP contribution is 2.08. The van der Waals surface area contributed by atoms with Gasteiger partial charge in [0.2, 0.25) is 0 Å². The number of nitrogens with one attached hydrogen (secondary N) is 1. The standard InChI is InChI=1S/C12H27NO2/c1-11(2)7-5-3-4-6-8-13-9-12(15)10-14/h11-15H,3-10H2,1-2H3/t12-/m0/s1. The first kappa shape index (κ1) is 14.9. The van der Waals surface area contributed by atoms with Gasteiger partial charge in [-0.1, -0.05) is 39.5 Å². The predicted molar refractivity (Wildman–Crippen MR) is 63.9 cm³/mol.